The number of aromatic nitrogens is 1. The van der Waals surface area contributed by atoms with Gasteiger partial charge in [0, 0.05) is 52.2 Å². The highest BCUT2D eigenvalue weighted by molar-refractivity contribution is 6.07. The monoisotopic (exact) mass is 388 g/mol. The summed E-state index contributed by atoms with van der Waals surface area (Å²) in [4.78, 5) is 46.8. The molecule has 8 nitrogen and oxygen atoms in total. The van der Waals surface area contributed by atoms with Gasteiger partial charge in [-0.1, -0.05) is 0 Å². The highest BCUT2D eigenvalue weighted by Gasteiger charge is 2.59. The van der Waals surface area contributed by atoms with Crippen LogP contribution in [0, 0.1) is 5.41 Å². The van der Waals surface area contributed by atoms with Crippen molar-refractivity contribution in [1.82, 2.24) is 19.7 Å². The van der Waals surface area contributed by atoms with E-state index in [9.17, 15) is 14.4 Å². The zero-order chi connectivity index (χ0) is 20.1. The molecule has 1 aliphatic carbocycles. The number of carbonyl (C=O) groups is 3. The molecule has 1 aliphatic heterocycles. The predicted octanol–water partition coefficient (Wildman–Crippen LogP) is 1.16. The molecule has 8 heteroatoms. The van der Waals surface area contributed by atoms with Crippen LogP contribution in [-0.4, -0.2) is 84.0 Å². The lowest BCUT2D eigenvalue weighted by atomic mass is 10.0. The predicted molar refractivity (Wildman–Crippen MR) is 102 cm³/mol. The maximum absolute atomic E-state index is 13.0. The maximum Gasteiger partial charge on any atom is 0.409 e. The highest BCUT2D eigenvalue weighted by atomic mass is 16.6. The van der Waals surface area contributed by atoms with Crippen LogP contribution in [0.15, 0.2) is 24.5 Å². The number of carbonyl (C=O) groups excluding carboxylic acids is 3. The van der Waals surface area contributed by atoms with Gasteiger partial charge in [-0.25, -0.2) is 4.79 Å². The quantitative estimate of drug-likeness (QED) is 0.683. The summed E-state index contributed by atoms with van der Waals surface area (Å²) in [6.07, 6.45) is 5.05. The lowest BCUT2D eigenvalue weighted by molar-refractivity contribution is -0.149. The molecule has 152 valence electrons. The van der Waals surface area contributed by atoms with Gasteiger partial charge in [0.1, 0.15) is 5.41 Å². The van der Waals surface area contributed by atoms with Gasteiger partial charge in [0.25, 0.3) is 0 Å². The minimum absolute atomic E-state index is 0.0978. The van der Waals surface area contributed by atoms with Gasteiger partial charge >= 0.3 is 6.09 Å². The number of hydrogen-bond donors (Lipinski definition) is 0. The second kappa shape index (κ2) is 8.58. The van der Waals surface area contributed by atoms with E-state index in [1.54, 1.807) is 41.1 Å². The number of hydrogen-bond acceptors (Lipinski definition) is 5. The van der Waals surface area contributed by atoms with Crippen molar-refractivity contribution in [2.75, 3.05) is 46.4 Å². The molecule has 0 radical (unpaired) electrons. The molecular weight excluding hydrogens is 360 g/mol. The number of likely N-dealkylation sites (N-methyl/N-ethyl adjacent to an activating group) is 1. The van der Waals surface area contributed by atoms with Gasteiger partial charge < -0.3 is 19.4 Å². The van der Waals surface area contributed by atoms with E-state index in [0.717, 1.165) is 12.0 Å². The summed E-state index contributed by atoms with van der Waals surface area (Å²) in [5, 5.41) is 0. The topological polar surface area (TPSA) is 83.0 Å². The van der Waals surface area contributed by atoms with E-state index in [1.807, 2.05) is 12.1 Å². The van der Waals surface area contributed by atoms with E-state index in [1.165, 1.54) is 0 Å². The number of rotatable bonds is 6. The minimum atomic E-state index is -0.904. The molecular formula is C20H28N4O4. The van der Waals surface area contributed by atoms with E-state index in [-0.39, 0.29) is 17.9 Å². The summed E-state index contributed by atoms with van der Waals surface area (Å²) in [7, 11) is 1.76. The van der Waals surface area contributed by atoms with Crippen LogP contribution < -0.4 is 0 Å². The van der Waals surface area contributed by atoms with Crippen molar-refractivity contribution < 1.29 is 19.1 Å². The first-order valence-electron chi connectivity index (χ1n) is 9.83. The normalized spacial score (nSPS) is 17.8. The second-order valence-electron chi connectivity index (χ2n) is 7.39. The van der Waals surface area contributed by atoms with Crippen molar-refractivity contribution >= 4 is 17.9 Å². The molecule has 2 heterocycles. The average molecular weight is 388 g/mol. The van der Waals surface area contributed by atoms with Crippen molar-refractivity contribution in [2.45, 2.75) is 26.2 Å². The Kier molecular flexibility index (Phi) is 6.16. The molecule has 2 aliphatic rings. The Labute approximate surface area is 165 Å². The van der Waals surface area contributed by atoms with Gasteiger partial charge in [-0.15, -0.1) is 0 Å². The van der Waals surface area contributed by atoms with Crippen molar-refractivity contribution in [1.29, 1.82) is 0 Å². The zero-order valence-corrected chi connectivity index (χ0v) is 16.6. The Morgan fingerprint density at radius 2 is 1.71 bits per heavy atom. The Morgan fingerprint density at radius 3 is 2.29 bits per heavy atom. The molecule has 28 heavy (non-hydrogen) atoms. The van der Waals surface area contributed by atoms with Crippen molar-refractivity contribution in [3.05, 3.63) is 30.1 Å². The standard InChI is InChI=1S/C20H28N4O4/c1-3-28-19(27)24-14-12-23(13-15-24)18(26)20(7-8-20)17(25)22(2)11-6-16-4-9-21-10-5-16/h4-5,9-10H,3,6-8,11-15H2,1-2H3. The average Bonchev–Trinajstić information content (AvgIpc) is 3.54. The lowest BCUT2D eigenvalue weighted by Gasteiger charge is -2.36. The molecule has 3 rings (SSSR count). The zero-order valence-electron chi connectivity index (χ0n) is 16.6. The molecule has 1 aromatic rings. The molecule has 0 atom stereocenters. The third-order valence-electron chi connectivity index (χ3n) is 5.49. The summed E-state index contributed by atoms with van der Waals surface area (Å²) in [5.41, 5.74) is 0.208. The van der Waals surface area contributed by atoms with Crippen molar-refractivity contribution in [2.24, 2.45) is 5.41 Å². The van der Waals surface area contributed by atoms with Crippen LogP contribution in [0.4, 0.5) is 4.79 Å². The van der Waals surface area contributed by atoms with E-state index in [4.69, 9.17) is 4.74 Å². The second-order valence-corrected chi connectivity index (χ2v) is 7.39. The van der Waals surface area contributed by atoms with E-state index < -0.39 is 5.41 Å². The number of piperazine rings is 1. The Hall–Kier alpha value is -2.64. The molecule has 3 amide bonds. The molecule has 1 aromatic heterocycles. The Balaban J connectivity index is 1.53. The summed E-state index contributed by atoms with van der Waals surface area (Å²) >= 11 is 0. The van der Waals surface area contributed by atoms with Crippen molar-refractivity contribution in [3.8, 4) is 0 Å². The van der Waals surface area contributed by atoms with Crippen LogP contribution in [0.2, 0.25) is 0 Å². The SMILES string of the molecule is CCOC(=O)N1CCN(C(=O)C2(C(=O)N(C)CCc3ccncc3)CC2)CC1. The summed E-state index contributed by atoms with van der Waals surface area (Å²) in [6.45, 7) is 4.42. The van der Waals surface area contributed by atoms with Crippen LogP contribution in [-0.2, 0) is 20.7 Å². The first kappa shape index (κ1) is 20.1. The summed E-state index contributed by atoms with van der Waals surface area (Å²) in [5.74, 6) is -0.198. The smallest absolute Gasteiger partial charge is 0.409 e. The molecule has 0 aromatic carbocycles. The minimum Gasteiger partial charge on any atom is -0.450 e. The van der Waals surface area contributed by atoms with Crippen LogP contribution in [0.3, 0.4) is 0 Å². The van der Waals surface area contributed by atoms with E-state index in [2.05, 4.69) is 4.98 Å². The van der Waals surface area contributed by atoms with Crippen molar-refractivity contribution in [3.63, 3.8) is 0 Å². The first-order valence-corrected chi connectivity index (χ1v) is 9.83. The van der Waals surface area contributed by atoms with Gasteiger partial charge in [0.05, 0.1) is 6.61 Å². The number of nitrogens with zero attached hydrogens (tertiary/aromatic N) is 4. The molecule has 0 N–H and O–H groups in total. The fourth-order valence-electron chi connectivity index (χ4n) is 3.57. The third kappa shape index (κ3) is 4.26. The number of amides is 3. The largest absolute Gasteiger partial charge is 0.450 e. The van der Waals surface area contributed by atoms with Gasteiger partial charge in [-0.3, -0.25) is 14.6 Å². The fourth-order valence-corrected chi connectivity index (χ4v) is 3.57. The van der Waals surface area contributed by atoms with Crippen LogP contribution in [0.25, 0.3) is 0 Å². The molecule has 0 spiro atoms. The number of ether oxygens (including phenoxy) is 1. The summed E-state index contributed by atoms with van der Waals surface area (Å²) < 4.78 is 5.01. The Morgan fingerprint density at radius 1 is 1.11 bits per heavy atom. The molecule has 1 saturated heterocycles. The molecule has 2 fully saturated rings. The van der Waals surface area contributed by atoms with E-state index >= 15 is 0 Å². The number of pyridine rings is 1. The van der Waals surface area contributed by atoms with Gasteiger partial charge in [0.15, 0.2) is 0 Å². The van der Waals surface area contributed by atoms with Crippen LogP contribution in [0.5, 0.6) is 0 Å². The summed E-state index contributed by atoms with van der Waals surface area (Å²) in [6, 6.07) is 3.86. The molecule has 1 saturated carbocycles. The first-order chi connectivity index (χ1) is 13.5. The van der Waals surface area contributed by atoms with Crippen LogP contribution >= 0.6 is 0 Å². The maximum atomic E-state index is 13.0. The van der Waals surface area contributed by atoms with E-state index in [0.29, 0.717) is 52.2 Å². The van der Waals surface area contributed by atoms with Gasteiger partial charge in [-0.05, 0) is 43.9 Å². The molecule has 0 bridgehead atoms. The highest BCUT2D eigenvalue weighted by Crippen LogP contribution is 2.48. The fraction of sp³-hybridized carbons (Fsp3) is 0.600. The molecule has 0 unspecified atom stereocenters. The van der Waals surface area contributed by atoms with Gasteiger partial charge in [-0.2, -0.15) is 0 Å². The van der Waals surface area contributed by atoms with Gasteiger partial charge in [0.2, 0.25) is 11.8 Å². The van der Waals surface area contributed by atoms with Crippen LogP contribution in [0.1, 0.15) is 25.3 Å². The Bertz CT molecular complexity index is 712. The lowest BCUT2D eigenvalue weighted by Crippen LogP contribution is -2.54. The third-order valence-corrected chi connectivity index (χ3v) is 5.49.